The summed E-state index contributed by atoms with van der Waals surface area (Å²) in [5, 5.41) is 11.2. The Morgan fingerprint density at radius 1 is 1.27 bits per heavy atom. The Morgan fingerprint density at radius 3 is 2.41 bits per heavy atom. The molecule has 124 valence electrons. The van der Waals surface area contributed by atoms with Crippen LogP contribution in [0.1, 0.15) is 45.6 Å². The first-order valence-corrected chi connectivity index (χ1v) is 7.76. The maximum absolute atomic E-state index is 11.7. The van der Waals surface area contributed by atoms with Crippen molar-refractivity contribution >= 4 is 5.97 Å². The second-order valence-electron chi connectivity index (χ2n) is 6.40. The number of hydrogen-bond donors (Lipinski definition) is 2. The summed E-state index contributed by atoms with van der Waals surface area (Å²) in [6.45, 7) is 6.78. The highest BCUT2D eigenvalue weighted by atomic mass is 16.7. The molecule has 0 heterocycles. The number of carbonyl (C=O) groups is 1. The van der Waals surface area contributed by atoms with Crippen LogP contribution in [0.15, 0.2) is 30.3 Å². The lowest BCUT2D eigenvalue weighted by atomic mass is 10.1. The van der Waals surface area contributed by atoms with Crippen LogP contribution in [0.4, 0.5) is 0 Å². The van der Waals surface area contributed by atoms with Gasteiger partial charge in [-0.05, 0) is 52.1 Å². The van der Waals surface area contributed by atoms with E-state index in [9.17, 15) is 9.90 Å². The largest absolute Gasteiger partial charge is 0.480 e. The SMILES string of the molecule is CC(C)(C)ON(Cc1ccccc1)C(CCCCN)C(=O)O. The van der Waals surface area contributed by atoms with Crippen molar-refractivity contribution in [1.82, 2.24) is 5.06 Å². The molecule has 22 heavy (non-hydrogen) atoms. The molecular formula is C17H28N2O3. The monoisotopic (exact) mass is 308 g/mol. The third kappa shape index (κ3) is 7.02. The summed E-state index contributed by atoms with van der Waals surface area (Å²) >= 11 is 0. The molecule has 5 heteroatoms. The molecule has 0 spiro atoms. The van der Waals surface area contributed by atoms with Crippen LogP contribution in [0.3, 0.4) is 0 Å². The summed E-state index contributed by atoms with van der Waals surface area (Å²) in [7, 11) is 0. The first-order valence-electron chi connectivity index (χ1n) is 7.76. The highest BCUT2D eigenvalue weighted by molar-refractivity contribution is 5.73. The minimum atomic E-state index is -0.864. The van der Waals surface area contributed by atoms with Crippen molar-refractivity contribution in [3.63, 3.8) is 0 Å². The van der Waals surface area contributed by atoms with Crippen LogP contribution in [-0.2, 0) is 16.2 Å². The average Bonchev–Trinajstić information content (AvgIpc) is 2.42. The normalized spacial score (nSPS) is 13.3. The number of nitrogens with two attached hydrogens (primary N) is 1. The lowest BCUT2D eigenvalue weighted by molar-refractivity contribution is -0.257. The second-order valence-corrected chi connectivity index (χ2v) is 6.40. The van der Waals surface area contributed by atoms with Gasteiger partial charge in [0.2, 0.25) is 0 Å². The lowest BCUT2D eigenvalue weighted by Gasteiger charge is -2.34. The van der Waals surface area contributed by atoms with E-state index < -0.39 is 17.6 Å². The lowest BCUT2D eigenvalue weighted by Crippen LogP contribution is -2.45. The third-order valence-electron chi connectivity index (χ3n) is 3.14. The molecular weight excluding hydrogens is 280 g/mol. The number of benzene rings is 1. The molecule has 0 aliphatic heterocycles. The number of nitrogens with zero attached hydrogens (tertiary/aromatic N) is 1. The van der Waals surface area contributed by atoms with Gasteiger partial charge in [-0.3, -0.25) is 9.63 Å². The molecule has 5 nitrogen and oxygen atoms in total. The van der Waals surface area contributed by atoms with Crippen LogP contribution in [0, 0.1) is 0 Å². The fourth-order valence-electron chi connectivity index (χ4n) is 2.19. The first-order chi connectivity index (χ1) is 10.3. The van der Waals surface area contributed by atoms with Crippen molar-refractivity contribution in [3.8, 4) is 0 Å². The molecule has 1 rings (SSSR count). The number of carboxylic acids is 1. The summed E-state index contributed by atoms with van der Waals surface area (Å²) in [6.07, 6.45) is 2.11. The molecule has 1 aromatic carbocycles. The Labute approximate surface area is 133 Å². The topological polar surface area (TPSA) is 75.8 Å². The van der Waals surface area contributed by atoms with Gasteiger partial charge in [-0.15, -0.1) is 0 Å². The van der Waals surface area contributed by atoms with E-state index in [1.165, 1.54) is 0 Å². The van der Waals surface area contributed by atoms with Gasteiger partial charge in [-0.1, -0.05) is 30.3 Å². The number of unbranched alkanes of at least 4 members (excludes halogenated alkanes) is 1. The van der Waals surface area contributed by atoms with E-state index in [2.05, 4.69) is 0 Å². The summed E-state index contributed by atoms with van der Waals surface area (Å²) in [5.41, 5.74) is 6.08. The van der Waals surface area contributed by atoms with Crippen LogP contribution >= 0.6 is 0 Å². The predicted octanol–water partition coefficient (Wildman–Crippen LogP) is 2.80. The van der Waals surface area contributed by atoms with E-state index in [1.54, 1.807) is 5.06 Å². The molecule has 0 fully saturated rings. The first kappa shape index (κ1) is 18.6. The second kappa shape index (κ2) is 8.88. The molecule has 1 aromatic rings. The molecule has 3 N–H and O–H groups in total. The summed E-state index contributed by atoms with van der Waals surface area (Å²) in [5.74, 6) is -0.864. The van der Waals surface area contributed by atoms with Crippen molar-refractivity contribution in [3.05, 3.63) is 35.9 Å². The zero-order valence-corrected chi connectivity index (χ0v) is 13.8. The molecule has 0 saturated heterocycles. The van der Waals surface area contributed by atoms with E-state index in [-0.39, 0.29) is 0 Å². The van der Waals surface area contributed by atoms with Crippen LogP contribution < -0.4 is 5.73 Å². The van der Waals surface area contributed by atoms with Crippen LogP contribution in [0.25, 0.3) is 0 Å². The fraction of sp³-hybridized carbons (Fsp3) is 0.588. The molecule has 0 aliphatic carbocycles. The Kier molecular flexibility index (Phi) is 7.51. The van der Waals surface area contributed by atoms with Crippen molar-refractivity contribution < 1.29 is 14.7 Å². The van der Waals surface area contributed by atoms with Crippen molar-refractivity contribution in [2.24, 2.45) is 5.73 Å². The predicted molar refractivity (Wildman–Crippen MR) is 87.2 cm³/mol. The highest BCUT2D eigenvalue weighted by Crippen LogP contribution is 2.20. The highest BCUT2D eigenvalue weighted by Gasteiger charge is 2.29. The van der Waals surface area contributed by atoms with Gasteiger partial charge in [-0.2, -0.15) is 5.06 Å². The van der Waals surface area contributed by atoms with E-state index in [1.807, 2.05) is 51.1 Å². The van der Waals surface area contributed by atoms with Crippen molar-refractivity contribution in [2.75, 3.05) is 6.54 Å². The zero-order valence-electron chi connectivity index (χ0n) is 13.8. The van der Waals surface area contributed by atoms with Gasteiger partial charge in [0.15, 0.2) is 0 Å². The Bertz CT molecular complexity index is 443. The smallest absolute Gasteiger partial charge is 0.323 e. The van der Waals surface area contributed by atoms with E-state index in [0.29, 0.717) is 19.5 Å². The quantitative estimate of drug-likeness (QED) is 0.542. The number of aliphatic carboxylic acids is 1. The average molecular weight is 308 g/mol. The summed E-state index contributed by atoms with van der Waals surface area (Å²) < 4.78 is 0. The standard InChI is InChI=1S/C17H28N2O3/c1-17(2,3)22-19(13-14-9-5-4-6-10-14)15(16(20)21)11-7-8-12-18/h4-6,9-10,15H,7-8,11-13,18H2,1-3H3,(H,20,21). The number of hydrogen-bond acceptors (Lipinski definition) is 4. The maximum Gasteiger partial charge on any atom is 0.323 e. The summed E-state index contributed by atoms with van der Waals surface area (Å²) in [6, 6.07) is 9.08. The van der Waals surface area contributed by atoms with Gasteiger partial charge < -0.3 is 10.8 Å². The van der Waals surface area contributed by atoms with Crippen LogP contribution in [0.2, 0.25) is 0 Å². The van der Waals surface area contributed by atoms with E-state index in [4.69, 9.17) is 10.6 Å². The number of carboxylic acid groups (broad SMARTS) is 1. The minimum Gasteiger partial charge on any atom is -0.480 e. The van der Waals surface area contributed by atoms with Gasteiger partial charge in [0.25, 0.3) is 0 Å². The van der Waals surface area contributed by atoms with Gasteiger partial charge in [0.05, 0.1) is 12.1 Å². The Balaban J connectivity index is 2.87. The Morgan fingerprint density at radius 2 is 1.91 bits per heavy atom. The molecule has 1 atom stereocenters. The fourth-order valence-corrected chi connectivity index (χ4v) is 2.19. The van der Waals surface area contributed by atoms with Gasteiger partial charge in [-0.25, -0.2) is 0 Å². The van der Waals surface area contributed by atoms with Crippen LogP contribution in [0.5, 0.6) is 0 Å². The number of rotatable bonds is 9. The zero-order chi connectivity index (χ0) is 16.6. The minimum absolute atomic E-state index is 0.442. The molecule has 1 unspecified atom stereocenters. The van der Waals surface area contributed by atoms with Crippen LogP contribution in [-0.4, -0.2) is 34.3 Å². The van der Waals surface area contributed by atoms with Gasteiger partial charge in [0.1, 0.15) is 6.04 Å². The Hall–Kier alpha value is -1.43. The molecule has 0 saturated carbocycles. The summed E-state index contributed by atoms with van der Waals surface area (Å²) in [4.78, 5) is 17.6. The van der Waals surface area contributed by atoms with Gasteiger partial charge in [0, 0.05) is 0 Å². The molecule has 0 aromatic heterocycles. The van der Waals surface area contributed by atoms with E-state index >= 15 is 0 Å². The molecule has 0 bridgehead atoms. The number of hydroxylamine groups is 2. The molecule has 0 radical (unpaired) electrons. The van der Waals surface area contributed by atoms with E-state index in [0.717, 1.165) is 18.4 Å². The van der Waals surface area contributed by atoms with Crippen molar-refractivity contribution in [2.45, 2.75) is 58.2 Å². The van der Waals surface area contributed by atoms with Crippen molar-refractivity contribution in [1.29, 1.82) is 0 Å². The van der Waals surface area contributed by atoms with Gasteiger partial charge >= 0.3 is 5.97 Å². The molecule has 0 amide bonds. The molecule has 0 aliphatic rings. The maximum atomic E-state index is 11.7. The third-order valence-corrected chi connectivity index (χ3v) is 3.14.